The number of hydrogen-bond acceptors (Lipinski definition) is 4. The zero-order chi connectivity index (χ0) is 14.9. The Morgan fingerprint density at radius 2 is 1.87 bits per heavy atom. The molecule has 23 heavy (non-hydrogen) atoms. The van der Waals surface area contributed by atoms with Crippen molar-refractivity contribution in [2.45, 2.75) is 31.6 Å². The molecular formula is C18H19ClN2O2. The predicted molar refractivity (Wildman–Crippen MR) is 92.5 cm³/mol. The van der Waals surface area contributed by atoms with Gasteiger partial charge in [0.1, 0.15) is 5.52 Å². The molecule has 2 atom stereocenters. The third-order valence-electron chi connectivity index (χ3n) is 4.22. The molecule has 3 aromatic rings. The average molecular weight is 331 g/mol. The number of aromatic nitrogens is 1. The minimum atomic E-state index is 0. The fraction of sp³-hybridized carbons (Fsp3) is 0.278. The lowest BCUT2D eigenvalue weighted by molar-refractivity contribution is -0.0245. The Kier molecular flexibility index (Phi) is 4.66. The van der Waals surface area contributed by atoms with Gasteiger partial charge < -0.3 is 14.9 Å². The van der Waals surface area contributed by atoms with Crippen LogP contribution in [-0.4, -0.2) is 17.1 Å². The van der Waals surface area contributed by atoms with Gasteiger partial charge in [-0.05, 0) is 42.7 Å². The van der Waals surface area contributed by atoms with E-state index in [4.69, 9.17) is 14.9 Å². The standard InChI is InChI=1S/C18H18N2O2.ClH/c19-14-9-10-16(14)21-11-12-5-7-13(8-6-12)18-20-15-3-1-2-4-17(15)22-18;/h1-8,14,16H,9-11,19H2;1H/t14-,16-;/m1./s1. The SMILES string of the molecule is Cl.N[C@@H]1CC[C@H]1OCc1ccc(-c2nc3ccccc3o2)cc1. The number of nitrogens with zero attached hydrogens (tertiary/aromatic N) is 1. The van der Waals surface area contributed by atoms with E-state index in [2.05, 4.69) is 4.98 Å². The quantitative estimate of drug-likeness (QED) is 0.787. The summed E-state index contributed by atoms with van der Waals surface area (Å²) in [5.41, 5.74) is 9.68. The molecule has 2 aromatic carbocycles. The second kappa shape index (κ2) is 6.71. The van der Waals surface area contributed by atoms with Crippen molar-refractivity contribution in [2.24, 2.45) is 5.73 Å². The van der Waals surface area contributed by atoms with Crippen molar-refractivity contribution in [3.05, 3.63) is 54.1 Å². The first-order valence-electron chi connectivity index (χ1n) is 7.62. The molecule has 1 aliphatic rings. The highest BCUT2D eigenvalue weighted by molar-refractivity contribution is 5.85. The van der Waals surface area contributed by atoms with Crippen LogP contribution in [0.25, 0.3) is 22.6 Å². The molecule has 0 amide bonds. The molecule has 4 nitrogen and oxygen atoms in total. The van der Waals surface area contributed by atoms with Gasteiger partial charge in [-0.25, -0.2) is 4.98 Å². The van der Waals surface area contributed by atoms with Gasteiger partial charge in [-0.1, -0.05) is 24.3 Å². The summed E-state index contributed by atoms with van der Waals surface area (Å²) in [7, 11) is 0. The molecule has 1 heterocycles. The van der Waals surface area contributed by atoms with Crippen molar-refractivity contribution < 1.29 is 9.15 Å². The molecule has 0 unspecified atom stereocenters. The van der Waals surface area contributed by atoms with Crippen LogP contribution in [0.4, 0.5) is 0 Å². The Balaban J connectivity index is 0.00000156. The maximum atomic E-state index is 5.88. The minimum Gasteiger partial charge on any atom is -0.436 e. The third-order valence-corrected chi connectivity index (χ3v) is 4.22. The number of nitrogens with two attached hydrogens (primary N) is 1. The van der Waals surface area contributed by atoms with Gasteiger partial charge in [0.05, 0.1) is 12.7 Å². The van der Waals surface area contributed by atoms with E-state index in [-0.39, 0.29) is 24.6 Å². The van der Waals surface area contributed by atoms with Crippen LogP contribution < -0.4 is 5.73 Å². The Hall–Kier alpha value is -1.88. The first-order valence-corrected chi connectivity index (χ1v) is 7.62. The largest absolute Gasteiger partial charge is 0.436 e. The van der Waals surface area contributed by atoms with Gasteiger partial charge in [0.2, 0.25) is 5.89 Å². The zero-order valence-electron chi connectivity index (χ0n) is 12.6. The first-order chi connectivity index (χ1) is 10.8. The molecule has 0 spiro atoms. The van der Waals surface area contributed by atoms with Crippen LogP contribution in [0.5, 0.6) is 0 Å². The number of para-hydroxylation sites is 2. The smallest absolute Gasteiger partial charge is 0.227 e. The summed E-state index contributed by atoms with van der Waals surface area (Å²) in [6.45, 7) is 0.603. The molecule has 0 bridgehead atoms. The molecule has 0 saturated heterocycles. The van der Waals surface area contributed by atoms with Gasteiger partial charge in [0.15, 0.2) is 5.58 Å². The van der Waals surface area contributed by atoms with E-state index >= 15 is 0 Å². The lowest BCUT2D eigenvalue weighted by Gasteiger charge is -2.33. The topological polar surface area (TPSA) is 61.3 Å². The predicted octanol–water partition coefficient (Wildman–Crippen LogP) is 3.92. The molecule has 1 saturated carbocycles. The molecule has 4 rings (SSSR count). The van der Waals surface area contributed by atoms with Gasteiger partial charge >= 0.3 is 0 Å². The van der Waals surface area contributed by atoms with E-state index in [0.29, 0.717) is 12.5 Å². The van der Waals surface area contributed by atoms with Crippen LogP contribution in [0.3, 0.4) is 0 Å². The summed E-state index contributed by atoms with van der Waals surface area (Å²) in [4.78, 5) is 4.50. The number of benzene rings is 2. The van der Waals surface area contributed by atoms with Gasteiger partial charge in [-0.2, -0.15) is 0 Å². The Bertz CT molecular complexity index is 752. The van der Waals surface area contributed by atoms with Gasteiger partial charge in [-0.15, -0.1) is 12.4 Å². The van der Waals surface area contributed by atoms with Crippen molar-refractivity contribution in [2.75, 3.05) is 0 Å². The summed E-state index contributed by atoms with van der Waals surface area (Å²) in [6, 6.07) is 16.1. The highest BCUT2D eigenvalue weighted by Crippen LogP contribution is 2.25. The summed E-state index contributed by atoms with van der Waals surface area (Å²) in [5, 5.41) is 0. The number of ether oxygens (including phenoxy) is 1. The lowest BCUT2D eigenvalue weighted by Crippen LogP contribution is -2.45. The molecule has 1 aromatic heterocycles. The van der Waals surface area contributed by atoms with Crippen molar-refractivity contribution >= 4 is 23.5 Å². The zero-order valence-corrected chi connectivity index (χ0v) is 13.5. The number of halogens is 1. The van der Waals surface area contributed by atoms with Crippen molar-refractivity contribution in [3.63, 3.8) is 0 Å². The van der Waals surface area contributed by atoms with Crippen molar-refractivity contribution in [3.8, 4) is 11.5 Å². The fourth-order valence-electron chi connectivity index (χ4n) is 2.64. The Morgan fingerprint density at radius 3 is 2.52 bits per heavy atom. The van der Waals surface area contributed by atoms with Crippen LogP contribution >= 0.6 is 12.4 Å². The van der Waals surface area contributed by atoms with E-state index < -0.39 is 0 Å². The van der Waals surface area contributed by atoms with Crippen molar-refractivity contribution in [1.82, 2.24) is 4.98 Å². The second-order valence-electron chi connectivity index (χ2n) is 5.77. The lowest BCUT2D eigenvalue weighted by atomic mass is 9.90. The van der Waals surface area contributed by atoms with Gasteiger partial charge in [0, 0.05) is 11.6 Å². The van der Waals surface area contributed by atoms with Crippen LogP contribution in [0.15, 0.2) is 52.9 Å². The molecule has 0 radical (unpaired) electrons. The molecule has 5 heteroatoms. The monoisotopic (exact) mass is 330 g/mol. The van der Waals surface area contributed by atoms with Crippen LogP contribution in [-0.2, 0) is 11.3 Å². The van der Waals surface area contributed by atoms with E-state index in [0.717, 1.165) is 35.1 Å². The Labute approximate surface area is 141 Å². The molecular weight excluding hydrogens is 312 g/mol. The second-order valence-corrected chi connectivity index (χ2v) is 5.77. The van der Waals surface area contributed by atoms with E-state index in [1.54, 1.807) is 0 Å². The van der Waals surface area contributed by atoms with E-state index in [1.165, 1.54) is 0 Å². The van der Waals surface area contributed by atoms with Crippen LogP contribution in [0.1, 0.15) is 18.4 Å². The molecule has 1 aliphatic carbocycles. The first kappa shape index (κ1) is 16.0. The van der Waals surface area contributed by atoms with Crippen LogP contribution in [0, 0.1) is 0 Å². The highest BCUT2D eigenvalue weighted by atomic mass is 35.5. The minimum absolute atomic E-state index is 0. The van der Waals surface area contributed by atoms with Crippen molar-refractivity contribution in [1.29, 1.82) is 0 Å². The number of fused-ring (bicyclic) bond motifs is 1. The van der Waals surface area contributed by atoms with Gasteiger partial charge in [-0.3, -0.25) is 0 Å². The number of hydrogen-bond donors (Lipinski definition) is 1. The van der Waals surface area contributed by atoms with E-state index in [9.17, 15) is 0 Å². The highest BCUT2D eigenvalue weighted by Gasteiger charge is 2.27. The molecule has 2 N–H and O–H groups in total. The summed E-state index contributed by atoms with van der Waals surface area (Å²) >= 11 is 0. The summed E-state index contributed by atoms with van der Waals surface area (Å²) in [5.74, 6) is 0.648. The normalized spacial score (nSPS) is 20.0. The maximum Gasteiger partial charge on any atom is 0.227 e. The number of rotatable bonds is 4. The summed E-state index contributed by atoms with van der Waals surface area (Å²) < 4.78 is 11.6. The maximum absolute atomic E-state index is 5.88. The number of oxazole rings is 1. The molecule has 0 aliphatic heterocycles. The average Bonchev–Trinajstić information content (AvgIpc) is 2.98. The fourth-order valence-corrected chi connectivity index (χ4v) is 2.64. The van der Waals surface area contributed by atoms with Gasteiger partial charge in [0.25, 0.3) is 0 Å². The summed E-state index contributed by atoms with van der Waals surface area (Å²) in [6.07, 6.45) is 2.36. The Morgan fingerprint density at radius 1 is 1.09 bits per heavy atom. The van der Waals surface area contributed by atoms with Crippen LogP contribution in [0.2, 0.25) is 0 Å². The van der Waals surface area contributed by atoms with E-state index in [1.807, 2.05) is 48.5 Å². The third kappa shape index (κ3) is 3.24. The molecule has 1 fully saturated rings. The molecule has 120 valence electrons.